The molecule has 0 bridgehead atoms. The van der Waals surface area contributed by atoms with E-state index in [0.717, 1.165) is 33.4 Å². The molecule has 4 aromatic rings. The second-order valence-electron chi connectivity index (χ2n) is 8.63. The van der Waals surface area contributed by atoms with Crippen molar-refractivity contribution in [1.29, 1.82) is 0 Å². The van der Waals surface area contributed by atoms with E-state index in [2.05, 4.69) is 19.9 Å². The maximum Gasteiger partial charge on any atom is 0.336 e. The van der Waals surface area contributed by atoms with Gasteiger partial charge in [-0.2, -0.15) is 0 Å². The molecule has 0 aliphatic rings. The first-order valence-electron chi connectivity index (χ1n) is 11.2. The number of hydrogen-bond donors (Lipinski definition) is 2. The van der Waals surface area contributed by atoms with Crippen LogP contribution in [0.25, 0.3) is 33.4 Å². The van der Waals surface area contributed by atoms with Gasteiger partial charge < -0.3 is 10.2 Å². The summed E-state index contributed by atoms with van der Waals surface area (Å²) >= 11 is 0. The maximum absolute atomic E-state index is 12.2. The van der Waals surface area contributed by atoms with Crippen molar-refractivity contribution in [3.05, 3.63) is 107 Å². The summed E-state index contributed by atoms with van der Waals surface area (Å²) in [5.41, 5.74) is 6.94. The van der Waals surface area contributed by atoms with E-state index in [-0.39, 0.29) is 17.0 Å². The molecular weight excluding hydrogens is 424 g/mol. The summed E-state index contributed by atoms with van der Waals surface area (Å²) in [4.78, 5) is 24.4. The lowest BCUT2D eigenvalue weighted by Gasteiger charge is -2.26. The molecule has 4 aromatic carbocycles. The first kappa shape index (κ1) is 23.0. The molecule has 0 spiro atoms. The summed E-state index contributed by atoms with van der Waals surface area (Å²) in [6, 6.07) is 25.9. The van der Waals surface area contributed by atoms with Crippen molar-refractivity contribution < 1.29 is 19.8 Å². The van der Waals surface area contributed by atoms with Crippen LogP contribution in [0.1, 0.15) is 51.6 Å². The summed E-state index contributed by atoms with van der Waals surface area (Å²) in [5, 5.41) is 20.0. The van der Waals surface area contributed by atoms with Crippen LogP contribution in [0.4, 0.5) is 0 Å². The molecular formula is C30H26O4. The van der Waals surface area contributed by atoms with Gasteiger partial charge in [-0.15, -0.1) is 0 Å². The molecule has 0 aliphatic heterocycles. The molecule has 0 heterocycles. The third-order valence-electron chi connectivity index (χ3n) is 6.08. The topological polar surface area (TPSA) is 74.6 Å². The van der Waals surface area contributed by atoms with Crippen molar-refractivity contribution in [2.24, 2.45) is 0 Å². The highest BCUT2D eigenvalue weighted by Gasteiger charge is 2.26. The monoisotopic (exact) mass is 450 g/mol. The van der Waals surface area contributed by atoms with Gasteiger partial charge in [0.2, 0.25) is 0 Å². The largest absolute Gasteiger partial charge is 0.478 e. The lowest BCUT2D eigenvalue weighted by atomic mass is 9.77. The number of aromatic carboxylic acids is 2. The molecule has 0 aliphatic carbocycles. The Morgan fingerprint density at radius 1 is 0.647 bits per heavy atom. The lowest BCUT2D eigenvalue weighted by molar-refractivity contribution is 0.0686. The molecule has 0 saturated heterocycles. The molecule has 0 atom stereocenters. The van der Waals surface area contributed by atoms with Crippen molar-refractivity contribution in [1.82, 2.24) is 0 Å². The Hall–Kier alpha value is -4.18. The molecule has 34 heavy (non-hydrogen) atoms. The van der Waals surface area contributed by atoms with Crippen LogP contribution in [0.3, 0.4) is 0 Å². The number of aryl methyl sites for hydroxylation is 1. The molecule has 4 rings (SSSR count). The Balaban J connectivity index is 2.24. The van der Waals surface area contributed by atoms with Gasteiger partial charge in [-0.25, -0.2) is 9.59 Å². The first-order chi connectivity index (χ1) is 16.3. The zero-order valence-corrected chi connectivity index (χ0v) is 19.4. The van der Waals surface area contributed by atoms with Crippen molar-refractivity contribution in [3.8, 4) is 33.4 Å². The Morgan fingerprint density at radius 3 is 1.62 bits per heavy atom. The molecule has 0 saturated carbocycles. The van der Waals surface area contributed by atoms with E-state index in [1.165, 1.54) is 0 Å². The van der Waals surface area contributed by atoms with Crippen LogP contribution in [0.2, 0.25) is 0 Å². The highest BCUT2D eigenvalue weighted by Crippen LogP contribution is 2.46. The third kappa shape index (κ3) is 4.11. The quantitative estimate of drug-likeness (QED) is 0.319. The molecule has 170 valence electrons. The van der Waals surface area contributed by atoms with Gasteiger partial charge in [-0.05, 0) is 69.5 Å². The number of carbonyl (C=O) groups is 2. The molecule has 0 unspecified atom stereocenters. The fourth-order valence-electron chi connectivity index (χ4n) is 4.69. The van der Waals surface area contributed by atoms with Gasteiger partial charge in [0.15, 0.2) is 0 Å². The van der Waals surface area contributed by atoms with Crippen molar-refractivity contribution in [2.75, 3.05) is 0 Å². The van der Waals surface area contributed by atoms with Gasteiger partial charge in [0.25, 0.3) is 0 Å². The Kier molecular flexibility index (Phi) is 6.33. The van der Waals surface area contributed by atoms with Gasteiger partial charge in [0.05, 0.1) is 11.1 Å². The highest BCUT2D eigenvalue weighted by molar-refractivity contribution is 6.05. The van der Waals surface area contributed by atoms with E-state index >= 15 is 0 Å². The first-order valence-corrected chi connectivity index (χ1v) is 11.2. The van der Waals surface area contributed by atoms with Gasteiger partial charge in [-0.1, -0.05) is 86.6 Å². The SMILES string of the molecule is Cc1cc(-c2ccccc2)c(C(C)C)c(-c2ccccc2C(=O)O)c1-c1ccccc1C(=O)O. The summed E-state index contributed by atoms with van der Waals surface area (Å²) < 4.78 is 0. The van der Waals surface area contributed by atoms with Crippen LogP contribution in [0.5, 0.6) is 0 Å². The predicted molar refractivity (Wildman–Crippen MR) is 135 cm³/mol. The Morgan fingerprint density at radius 2 is 1.12 bits per heavy atom. The van der Waals surface area contributed by atoms with E-state index in [9.17, 15) is 19.8 Å². The average molecular weight is 451 g/mol. The van der Waals surface area contributed by atoms with Crippen molar-refractivity contribution >= 4 is 11.9 Å². The summed E-state index contributed by atoms with van der Waals surface area (Å²) in [7, 11) is 0. The lowest BCUT2D eigenvalue weighted by Crippen LogP contribution is -2.08. The maximum atomic E-state index is 12.2. The number of rotatable bonds is 6. The molecule has 0 aromatic heterocycles. The number of carboxylic acids is 2. The number of benzene rings is 4. The fraction of sp³-hybridized carbons (Fsp3) is 0.133. The molecule has 4 heteroatoms. The van der Waals surface area contributed by atoms with Crippen LogP contribution in [0.15, 0.2) is 84.9 Å². The van der Waals surface area contributed by atoms with Crippen LogP contribution in [-0.2, 0) is 0 Å². The van der Waals surface area contributed by atoms with Gasteiger partial charge in [0, 0.05) is 0 Å². The minimum Gasteiger partial charge on any atom is -0.478 e. The number of hydrogen-bond acceptors (Lipinski definition) is 2. The average Bonchev–Trinajstić information content (AvgIpc) is 2.83. The zero-order chi connectivity index (χ0) is 24.4. The van der Waals surface area contributed by atoms with Crippen LogP contribution in [0, 0.1) is 6.92 Å². The standard InChI is InChI=1S/C30H26O4/c1-18(2)26-25(20-11-5-4-6-12-20)17-19(3)27(21-13-7-9-15-23(21)29(31)32)28(26)22-14-8-10-16-24(22)30(33)34/h4-18H,1-3H3,(H,31,32)(H,33,34). The van der Waals surface area contributed by atoms with E-state index in [4.69, 9.17) is 0 Å². The van der Waals surface area contributed by atoms with Gasteiger partial charge in [-0.3, -0.25) is 0 Å². The van der Waals surface area contributed by atoms with Crippen molar-refractivity contribution in [3.63, 3.8) is 0 Å². The molecule has 0 amide bonds. The molecule has 2 N–H and O–H groups in total. The number of carboxylic acid groups (broad SMARTS) is 2. The second-order valence-corrected chi connectivity index (χ2v) is 8.63. The Bertz CT molecular complexity index is 1380. The minimum absolute atomic E-state index is 0.0448. The summed E-state index contributed by atoms with van der Waals surface area (Å²) in [6.07, 6.45) is 0. The second kappa shape index (κ2) is 9.36. The third-order valence-corrected chi connectivity index (χ3v) is 6.08. The van der Waals surface area contributed by atoms with Gasteiger partial charge in [0.1, 0.15) is 0 Å². The Labute approximate surface area is 199 Å². The normalized spacial score (nSPS) is 10.9. The fourth-order valence-corrected chi connectivity index (χ4v) is 4.69. The summed E-state index contributed by atoms with van der Waals surface area (Å²) in [6.45, 7) is 6.12. The zero-order valence-electron chi connectivity index (χ0n) is 19.4. The van der Waals surface area contributed by atoms with E-state index in [1.54, 1.807) is 30.3 Å². The van der Waals surface area contributed by atoms with E-state index in [1.807, 2.05) is 55.5 Å². The molecule has 0 fully saturated rings. The minimum atomic E-state index is -1.02. The van der Waals surface area contributed by atoms with Crippen molar-refractivity contribution in [2.45, 2.75) is 26.7 Å². The molecule has 0 radical (unpaired) electrons. The van der Waals surface area contributed by atoms with Crippen LogP contribution < -0.4 is 0 Å². The van der Waals surface area contributed by atoms with Crippen LogP contribution in [-0.4, -0.2) is 22.2 Å². The van der Waals surface area contributed by atoms with E-state index < -0.39 is 11.9 Å². The summed E-state index contributed by atoms with van der Waals surface area (Å²) in [5.74, 6) is -2.00. The predicted octanol–water partition coefficient (Wildman–Crippen LogP) is 7.52. The van der Waals surface area contributed by atoms with Gasteiger partial charge >= 0.3 is 11.9 Å². The van der Waals surface area contributed by atoms with Crippen LogP contribution >= 0.6 is 0 Å². The highest BCUT2D eigenvalue weighted by atomic mass is 16.4. The van der Waals surface area contributed by atoms with E-state index in [0.29, 0.717) is 11.1 Å². The molecule has 4 nitrogen and oxygen atoms in total. The smallest absolute Gasteiger partial charge is 0.336 e.